The Morgan fingerprint density at radius 1 is 1.42 bits per heavy atom. The molecule has 1 aliphatic heterocycles. The molecular weight excluding hydrogens is 306 g/mol. The number of benzene rings is 1. The van der Waals surface area contributed by atoms with E-state index in [-0.39, 0.29) is 12.1 Å². The summed E-state index contributed by atoms with van der Waals surface area (Å²) >= 11 is 3.44. The van der Waals surface area contributed by atoms with E-state index in [2.05, 4.69) is 39.9 Å². The average molecular weight is 326 g/mol. The minimum atomic E-state index is -0.685. The van der Waals surface area contributed by atoms with Crippen molar-refractivity contribution in [3.63, 3.8) is 0 Å². The van der Waals surface area contributed by atoms with Crippen molar-refractivity contribution in [1.82, 2.24) is 4.90 Å². The van der Waals surface area contributed by atoms with Gasteiger partial charge in [-0.25, -0.2) is 0 Å². The van der Waals surface area contributed by atoms with Crippen molar-refractivity contribution >= 4 is 21.9 Å². The van der Waals surface area contributed by atoms with Gasteiger partial charge in [0.15, 0.2) is 0 Å². The largest absolute Gasteiger partial charge is 0.480 e. The van der Waals surface area contributed by atoms with Crippen molar-refractivity contribution in [3.8, 4) is 0 Å². The van der Waals surface area contributed by atoms with Crippen molar-refractivity contribution in [2.24, 2.45) is 0 Å². The van der Waals surface area contributed by atoms with Crippen LogP contribution in [0.15, 0.2) is 28.7 Å². The van der Waals surface area contributed by atoms with Gasteiger partial charge >= 0.3 is 5.97 Å². The molecule has 0 spiro atoms. The van der Waals surface area contributed by atoms with Gasteiger partial charge in [0.05, 0.1) is 0 Å². The second-order valence-electron chi connectivity index (χ2n) is 5.06. The van der Waals surface area contributed by atoms with Gasteiger partial charge in [-0.2, -0.15) is 0 Å². The van der Waals surface area contributed by atoms with Crippen LogP contribution in [0, 0.1) is 0 Å². The highest BCUT2D eigenvalue weighted by Crippen LogP contribution is 2.31. The third kappa shape index (κ3) is 3.37. The Balaban J connectivity index is 2.24. The second-order valence-corrected chi connectivity index (χ2v) is 5.98. The summed E-state index contributed by atoms with van der Waals surface area (Å²) in [7, 11) is 0. The molecule has 0 aromatic heterocycles. The van der Waals surface area contributed by atoms with Gasteiger partial charge in [-0.3, -0.25) is 9.69 Å². The van der Waals surface area contributed by atoms with E-state index in [1.807, 2.05) is 12.1 Å². The highest BCUT2D eigenvalue weighted by Gasteiger charge is 2.33. The van der Waals surface area contributed by atoms with Crippen molar-refractivity contribution in [3.05, 3.63) is 34.3 Å². The monoisotopic (exact) mass is 325 g/mol. The number of carboxylic acid groups (broad SMARTS) is 1. The number of carboxylic acids is 1. The maximum absolute atomic E-state index is 11.4. The Labute approximate surface area is 122 Å². The lowest BCUT2D eigenvalue weighted by molar-refractivity contribution is -0.146. The molecule has 2 atom stereocenters. The van der Waals surface area contributed by atoms with Crippen LogP contribution in [0.2, 0.25) is 0 Å². The van der Waals surface area contributed by atoms with E-state index < -0.39 is 5.97 Å². The fourth-order valence-corrected chi connectivity index (χ4v) is 3.20. The molecule has 1 aromatic carbocycles. The number of carbonyl (C=O) groups is 1. The van der Waals surface area contributed by atoms with Crippen molar-refractivity contribution in [1.29, 1.82) is 0 Å². The molecule has 2 unspecified atom stereocenters. The van der Waals surface area contributed by atoms with Crippen LogP contribution in [-0.2, 0) is 4.79 Å². The summed E-state index contributed by atoms with van der Waals surface area (Å²) in [6.45, 7) is 3.01. The summed E-state index contributed by atoms with van der Waals surface area (Å²) in [4.78, 5) is 13.6. The van der Waals surface area contributed by atoms with Crippen LogP contribution in [0.4, 0.5) is 0 Å². The quantitative estimate of drug-likeness (QED) is 0.914. The second kappa shape index (κ2) is 6.53. The maximum atomic E-state index is 11.4. The van der Waals surface area contributed by atoms with Crippen LogP contribution in [0.3, 0.4) is 0 Å². The highest BCUT2D eigenvalue weighted by molar-refractivity contribution is 9.10. The molecule has 3 nitrogen and oxygen atoms in total. The summed E-state index contributed by atoms with van der Waals surface area (Å²) in [6.07, 6.45) is 3.81. The van der Waals surface area contributed by atoms with Gasteiger partial charge in [0.25, 0.3) is 0 Å². The Bertz CT molecular complexity index is 432. The molecule has 0 aliphatic carbocycles. The molecule has 19 heavy (non-hydrogen) atoms. The molecule has 1 aromatic rings. The fourth-order valence-electron chi connectivity index (χ4n) is 2.94. The average Bonchev–Trinajstić information content (AvgIpc) is 2.42. The number of hydrogen-bond donors (Lipinski definition) is 1. The van der Waals surface area contributed by atoms with Crippen LogP contribution in [-0.4, -0.2) is 28.6 Å². The van der Waals surface area contributed by atoms with Gasteiger partial charge in [0.2, 0.25) is 0 Å². The first kappa shape index (κ1) is 14.5. The summed E-state index contributed by atoms with van der Waals surface area (Å²) in [5.41, 5.74) is 1.21. The summed E-state index contributed by atoms with van der Waals surface area (Å²) in [5, 5.41) is 9.39. The van der Waals surface area contributed by atoms with Crippen molar-refractivity contribution < 1.29 is 9.90 Å². The molecule has 2 rings (SSSR count). The number of halogens is 1. The topological polar surface area (TPSA) is 40.5 Å². The van der Waals surface area contributed by atoms with Gasteiger partial charge in [0, 0.05) is 10.5 Å². The molecule has 1 saturated heterocycles. The normalized spacial score (nSPS) is 22.1. The van der Waals surface area contributed by atoms with E-state index in [4.69, 9.17) is 0 Å². The lowest BCUT2D eigenvalue weighted by Crippen LogP contribution is -2.46. The summed E-state index contributed by atoms with van der Waals surface area (Å²) < 4.78 is 1.06. The molecule has 0 amide bonds. The first-order chi connectivity index (χ1) is 9.13. The molecule has 104 valence electrons. The lowest BCUT2D eigenvalue weighted by atomic mass is 9.95. The SMILES string of the molecule is CCC(c1ccc(Br)cc1)N1CCCCC1C(=O)O. The fraction of sp³-hybridized carbons (Fsp3) is 0.533. The number of piperidine rings is 1. The molecule has 0 saturated carbocycles. The molecule has 0 radical (unpaired) electrons. The smallest absolute Gasteiger partial charge is 0.320 e. The Hall–Kier alpha value is -0.870. The summed E-state index contributed by atoms with van der Waals surface area (Å²) in [6, 6.07) is 8.10. The van der Waals surface area contributed by atoms with Gasteiger partial charge < -0.3 is 5.11 Å². The zero-order valence-electron chi connectivity index (χ0n) is 11.2. The third-order valence-corrected chi connectivity index (χ3v) is 4.40. The van der Waals surface area contributed by atoms with Crippen molar-refractivity contribution in [2.45, 2.75) is 44.7 Å². The van der Waals surface area contributed by atoms with Crippen molar-refractivity contribution in [2.75, 3.05) is 6.54 Å². The van der Waals surface area contributed by atoms with Crippen LogP contribution in [0.1, 0.15) is 44.2 Å². The predicted octanol–water partition coefficient (Wildman–Crippen LogP) is 3.84. The molecule has 1 N–H and O–H groups in total. The molecule has 4 heteroatoms. The Kier molecular flexibility index (Phi) is 4.99. The van der Waals surface area contributed by atoms with Gasteiger partial charge in [-0.15, -0.1) is 0 Å². The van der Waals surface area contributed by atoms with Crippen LogP contribution in [0.5, 0.6) is 0 Å². The number of nitrogens with zero attached hydrogens (tertiary/aromatic N) is 1. The number of likely N-dealkylation sites (tertiary alicyclic amines) is 1. The predicted molar refractivity (Wildman–Crippen MR) is 79.2 cm³/mol. The lowest BCUT2D eigenvalue weighted by Gasteiger charge is -2.39. The molecule has 1 fully saturated rings. The highest BCUT2D eigenvalue weighted by atomic mass is 79.9. The van der Waals surface area contributed by atoms with E-state index in [1.54, 1.807) is 0 Å². The van der Waals surface area contributed by atoms with E-state index in [9.17, 15) is 9.90 Å². The zero-order chi connectivity index (χ0) is 13.8. The minimum Gasteiger partial charge on any atom is -0.480 e. The third-order valence-electron chi connectivity index (χ3n) is 3.87. The van der Waals surface area contributed by atoms with Gasteiger partial charge in [-0.1, -0.05) is 41.4 Å². The first-order valence-electron chi connectivity index (χ1n) is 6.87. The standard InChI is InChI=1S/C15H20BrNO2/c1-2-13(11-6-8-12(16)9-7-11)17-10-4-3-5-14(17)15(18)19/h6-9,13-14H,2-5,10H2,1H3,(H,18,19). The Morgan fingerprint density at radius 2 is 2.11 bits per heavy atom. The van der Waals surface area contributed by atoms with Gasteiger partial charge in [-0.05, 0) is 43.5 Å². The molecule has 0 bridgehead atoms. The Morgan fingerprint density at radius 3 is 2.68 bits per heavy atom. The van der Waals surface area contributed by atoms with Crippen LogP contribution in [0.25, 0.3) is 0 Å². The molecule has 1 heterocycles. The van der Waals surface area contributed by atoms with E-state index in [0.717, 1.165) is 36.7 Å². The van der Waals surface area contributed by atoms with Gasteiger partial charge in [0.1, 0.15) is 6.04 Å². The molecular formula is C15H20BrNO2. The van der Waals surface area contributed by atoms with Crippen LogP contribution >= 0.6 is 15.9 Å². The van der Waals surface area contributed by atoms with Crippen LogP contribution < -0.4 is 0 Å². The molecule has 1 aliphatic rings. The zero-order valence-corrected chi connectivity index (χ0v) is 12.8. The van der Waals surface area contributed by atoms with E-state index in [1.165, 1.54) is 5.56 Å². The van der Waals surface area contributed by atoms with E-state index >= 15 is 0 Å². The maximum Gasteiger partial charge on any atom is 0.320 e. The first-order valence-corrected chi connectivity index (χ1v) is 7.66. The number of rotatable bonds is 4. The summed E-state index contributed by atoms with van der Waals surface area (Å²) in [5.74, 6) is -0.685. The van der Waals surface area contributed by atoms with E-state index in [0.29, 0.717) is 0 Å². The number of aliphatic carboxylic acids is 1. The minimum absolute atomic E-state index is 0.203. The number of hydrogen-bond acceptors (Lipinski definition) is 2.